The van der Waals surface area contributed by atoms with Gasteiger partial charge in [-0.25, -0.2) is 0 Å². The Morgan fingerprint density at radius 1 is 1.11 bits per heavy atom. The van der Waals surface area contributed by atoms with Crippen LogP contribution >= 0.6 is 0 Å². The molecule has 3 rings (SSSR count). The van der Waals surface area contributed by atoms with Gasteiger partial charge in [0.2, 0.25) is 5.91 Å². The number of ketones is 1. The average Bonchev–Trinajstić information content (AvgIpc) is 2.37. The molecule has 1 heterocycles. The summed E-state index contributed by atoms with van der Waals surface area (Å²) < 4.78 is 0. The fourth-order valence-electron chi connectivity index (χ4n) is 4.33. The van der Waals surface area contributed by atoms with E-state index in [0.29, 0.717) is 17.6 Å². The van der Waals surface area contributed by atoms with E-state index in [-0.39, 0.29) is 17.8 Å². The van der Waals surface area contributed by atoms with E-state index in [4.69, 9.17) is 0 Å². The number of carbonyl (C=O) groups excluding carboxylic acids is 2. The summed E-state index contributed by atoms with van der Waals surface area (Å²) in [5.41, 5.74) is 0. The van der Waals surface area contributed by atoms with Crippen LogP contribution in [0.3, 0.4) is 0 Å². The van der Waals surface area contributed by atoms with Crippen molar-refractivity contribution in [3.8, 4) is 0 Å². The topological polar surface area (TPSA) is 37.4 Å². The van der Waals surface area contributed by atoms with Crippen LogP contribution in [0, 0.1) is 23.7 Å². The van der Waals surface area contributed by atoms with Crippen LogP contribution < -0.4 is 0 Å². The molecular weight excluding hydrogens is 238 g/mol. The van der Waals surface area contributed by atoms with Crippen molar-refractivity contribution in [2.75, 3.05) is 13.1 Å². The Morgan fingerprint density at radius 3 is 2.42 bits per heavy atom. The zero-order valence-corrected chi connectivity index (χ0v) is 11.9. The lowest BCUT2D eigenvalue weighted by molar-refractivity contribution is -0.144. The van der Waals surface area contributed by atoms with Gasteiger partial charge in [0.25, 0.3) is 0 Å². The summed E-state index contributed by atoms with van der Waals surface area (Å²) in [6, 6.07) is 0. The van der Waals surface area contributed by atoms with Gasteiger partial charge in [-0.05, 0) is 44.4 Å². The Balaban J connectivity index is 1.66. The maximum Gasteiger partial charge on any atom is 0.225 e. The van der Waals surface area contributed by atoms with E-state index in [1.54, 1.807) is 0 Å². The van der Waals surface area contributed by atoms with E-state index in [9.17, 15) is 9.59 Å². The van der Waals surface area contributed by atoms with Gasteiger partial charge >= 0.3 is 0 Å². The van der Waals surface area contributed by atoms with Crippen molar-refractivity contribution in [3.63, 3.8) is 0 Å². The second kappa shape index (κ2) is 5.26. The number of nitrogens with zero attached hydrogens (tertiary/aromatic N) is 1. The normalized spacial score (nSPS) is 39.2. The Bertz CT molecular complexity index is 363. The molecule has 1 aliphatic heterocycles. The number of hydrogen-bond acceptors (Lipinski definition) is 2. The van der Waals surface area contributed by atoms with Crippen LogP contribution in [0.2, 0.25) is 0 Å². The number of Topliss-reactive ketones (excluding diaryl/α,β-unsaturated/α-hetero) is 1. The molecule has 1 amide bonds. The molecule has 3 nitrogen and oxygen atoms in total. The van der Waals surface area contributed by atoms with E-state index in [2.05, 4.69) is 11.8 Å². The number of piperidine rings is 1. The van der Waals surface area contributed by atoms with Crippen molar-refractivity contribution >= 4 is 11.7 Å². The predicted molar refractivity (Wildman–Crippen MR) is 73.5 cm³/mol. The smallest absolute Gasteiger partial charge is 0.225 e. The van der Waals surface area contributed by atoms with Crippen LogP contribution in [0.4, 0.5) is 0 Å². The number of rotatable bonds is 1. The molecule has 0 aromatic heterocycles. The Kier molecular flexibility index (Phi) is 3.64. The van der Waals surface area contributed by atoms with Gasteiger partial charge in [0.05, 0.1) is 0 Å². The fraction of sp³-hybridized carbons (Fsp3) is 0.875. The third-order valence-electron chi connectivity index (χ3n) is 5.37. The van der Waals surface area contributed by atoms with Crippen LogP contribution in [0.15, 0.2) is 0 Å². The number of carbonyl (C=O) groups is 2. The van der Waals surface area contributed by atoms with E-state index in [0.717, 1.165) is 45.2 Å². The number of hydrogen-bond donors (Lipinski definition) is 0. The largest absolute Gasteiger partial charge is 0.342 e. The summed E-state index contributed by atoms with van der Waals surface area (Å²) in [5.74, 6) is 1.98. The molecule has 1 saturated heterocycles. The van der Waals surface area contributed by atoms with Crippen LogP contribution in [-0.2, 0) is 9.59 Å². The Hall–Kier alpha value is -0.860. The van der Waals surface area contributed by atoms with Crippen molar-refractivity contribution in [1.82, 2.24) is 4.90 Å². The molecule has 3 fully saturated rings. The van der Waals surface area contributed by atoms with Crippen molar-refractivity contribution < 1.29 is 9.59 Å². The van der Waals surface area contributed by atoms with Gasteiger partial charge in [0.15, 0.2) is 0 Å². The molecule has 19 heavy (non-hydrogen) atoms. The van der Waals surface area contributed by atoms with E-state index in [1.165, 1.54) is 12.8 Å². The monoisotopic (exact) mass is 263 g/mol. The molecule has 3 unspecified atom stereocenters. The standard InChI is InChI=1S/C16H25NO2/c1-11-4-3-7-17(10-11)16(19)14-8-12-5-2-6-13(9-14)15(12)18/h11-14H,2-10H2,1H3. The second-order valence-corrected chi connectivity index (χ2v) is 6.93. The van der Waals surface area contributed by atoms with Gasteiger partial charge in [-0.15, -0.1) is 0 Å². The van der Waals surface area contributed by atoms with E-state index in [1.807, 2.05) is 0 Å². The molecule has 2 aliphatic carbocycles. The molecule has 3 heteroatoms. The first kappa shape index (κ1) is 13.1. The summed E-state index contributed by atoms with van der Waals surface area (Å²) in [4.78, 5) is 26.8. The minimum atomic E-state index is 0.137. The molecule has 2 saturated carbocycles. The summed E-state index contributed by atoms with van der Waals surface area (Å²) in [6.07, 6.45) is 7.29. The summed E-state index contributed by atoms with van der Waals surface area (Å²) in [7, 11) is 0. The van der Waals surface area contributed by atoms with Gasteiger partial charge in [0.1, 0.15) is 5.78 Å². The molecule has 3 aliphatic rings. The van der Waals surface area contributed by atoms with Crippen molar-refractivity contribution in [2.24, 2.45) is 23.7 Å². The molecule has 0 spiro atoms. The first-order valence-corrected chi connectivity index (χ1v) is 7.97. The molecule has 0 aromatic rings. The minimum Gasteiger partial charge on any atom is -0.342 e. The lowest BCUT2D eigenvalue weighted by Gasteiger charge is -2.40. The highest BCUT2D eigenvalue weighted by Gasteiger charge is 2.42. The fourth-order valence-corrected chi connectivity index (χ4v) is 4.33. The zero-order valence-electron chi connectivity index (χ0n) is 11.9. The Labute approximate surface area is 115 Å². The first-order valence-electron chi connectivity index (χ1n) is 7.97. The molecule has 0 radical (unpaired) electrons. The van der Waals surface area contributed by atoms with Crippen LogP contribution in [0.1, 0.15) is 51.9 Å². The summed E-state index contributed by atoms with van der Waals surface area (Å²) in [5, 5.41) is 0. The van der Waals surface area contributed by atoms with E-state index < -0.39 is 0 Å². The quantitative estimate of drug-likeness (QED) is 0.729. The molecule has 0 N–H and O–H groups in total. The van der Waals surface area contributed by atoms with Gasteiger partial charge < -0.3 is 4.90 Å². The molecule has 0 aromatic carbocycles. The lowest BCUT2D eigenvalue weighted by Crippen LogP contribution is -2.47. The van der Waals surface area contributed by atoms with Crippen molar-refractivity contribution in [1.29, 1.82) is 0 Å². The third kappa shape index (κ3) is 2.56. The maximum absolute atomic E-state index is 12.7. The lowest BCUT2D eigenvalue weighted by atomic mass is 9.67. The van der Waals surface area contributed by atoms with Crippen molar-refractivity contribution in [2.45, 2.75) is 51.9 Å². The van der Waals surface area contributed by atoms with Crippen LogP contribution in [0.25, 0.3) is 0 Å². The minimum absolute atomic E-state index is 0.137. The maximum atomic E-state index is 12.7. The van der Waals surface area contributed by atoms with Gasteiger partial charge in [0, 0.05) is 30.8 Å². The summed E-state index contributed by atoms with van der Waals surface area (Å²) >= 11 is 0. The number of likely N-dealkylation sites (tertiary alicyclic amines) is 1. The van der Waals surface area contributed by atoms with E-state index >= 15 is 0 Å². The van der Waals surface area contributed by atoms with Gasteiger partial charge in [-0.1, -0.05) is 13.3 Å². The summed E-state index contributed by atoms with van der Waals surface area (Å²) in [6.45, 7) is 4.10. The predicted octanol–water partition coefficient (Wildman–Crippen LogP) is 2.64. The molecule has 3 atom stereocenters. The zero-order chi connectivity index (χ0) is 13.4. The highest BCUT2D eigenvalue weighted by molar-refractivity contribution is 5.88. The highest BCUT2D eigenvalue weighted by atomic mass is 16.2. The SMILES string of the molecule is CC1CCCN(C(=O)C2CC3CCCC(C2)C3=O)C1. The average molecular weight is 263 g/mol. The number of fused-ring (bicyclic) bond motifs is 2. The number of amides is 1. The van der Waals surface area contributed by atoms with Crippen LogP contribution in [0.5, 0.6) is 0 Å². The molecule has 106 valence electrons. The molecular formula is C16H25NO2. The van der Waals surface area contributed by atoms with Gasteiger partial charge in [-0.2, -0.15) is 0 Å². The molecule has 2 bridgehead atoms. The van der Waals surface area contributed by atoms with Crippen molar-refractivity contribution in [3.05, 3.63) is 0 Å². The second-order valence-electron chi connectivity index (χ2n) is 6.93. The Morgan fingerprint density at radius 2 is 1.79 bits per heavy atom. The highest BCUT2D eigenvalue weighted by Crippen LogP contribution is 2.40. The third-order valence-corrected chi connectivity index (χ3v) is 5.37. The van der Waals surface area contributed by atoms with Gasteiger partial charge in [-0.3, -0.25) is 9.59 Å². The first-order chi connectivity index (χ1) is 9.15. The van der Waals surface area contributed by atoms with Crippen LogP contribution in [-0.4, -0.2) is 29.7 Å².